The van der Waals surface area contributed by atoms with Crippen molar-refractivity contribution in [2.45, 2.75) is 51.0 Å². The van der Waals surface area contributed by atoms with E-state index >= 15 is 0 Å². The molecule has 0 bridgehead atoms. The molecule has 106 valence electrons. The predicted molar refractivity (Wildman–Crippen MR) is 80.5 cm³/mol. The van der Waals surface area contributed by atoms with Gasteiger partial charge in [-0.2, -0.15) is 0 Å². The van der Waals surface area contributed by atoms with Crippen LogP contribution in [0.5, 0.6) is 0 Å². The Morgan fingerprint density at radius 3 is 2.47 bits per heavy atom. The number of hydrogen-bond acceptors (Lipinski definition) is 2. The monoisotopic (exact) mass is 261 g/mol. The first-order valence-electron chi connectivity index (χ1n) is 7.70. The third-order valence-corrected chi connectivity index (χ3v) is 4.35. The standard InChI is InChI=1S/C17H27NO/c1-3-13-19-14-16(18-4-2)17(11-8-12-17)15-9-6-5-7-10-15/h5-7,9-10,16,18H,3-4,8,11-14H2,1-2H3. The molecule has 1 unspecified atom stereocenters. The average Bonchev–Trinajstić information content (AvgIpc) is 2.39. The first-order chi connectivity index (χ1) is 9.33. The Morgan fingerprint density at radius 2 is 1.95 bits per heavy atom. The van der Waals surface area contributed by atoms with Gasteiger partial charge >= 0.3 is 0 Å². The summed E-state index contributed by atoms with van der Waals surface area (Å²) >= 11 is 0. The third-order valence-electron chi connectivity index (χ3n) is 4.35. The van der Waals surface area contributed by atoms with E-state index in [2.05, 4.69) is 49.5 Å². The molecular formula is C17H27NO. The molecule has 1 atom stereocenters. The zero-order chi connectivity index (χ0) is 13.6. The Kier molecular flexibility index (Phi) is 5.41. The van der Waals surface area contributed by atoms with Crippen molar-refractivity contribution < 1.29 is 4.74 Å². The molecule has 1 fully saturated rings. The molecule has 2 nitrogen and oxygen atoms in total. The molecule has 19 heavy (non-hydrogen) atoms. The molecule has 0 spiro atoms. The number of benzene rings is 1. The van der Waals surface area contributed by atoms with E-state index in [0.717, 1.165) is 26.2 Å². The molecule has 1 aliphatic rings. The predicted octanol–water partition coefficient (Wildman–Crippen LogP) is 3.51. The highest BCUT2D eigenvalue weighted by Crippen LogP contribution is 2.46. The summed E-state index contributed by atoms with van der Waals surface area (Å²) in [4.78, 5) is 0. The summed E-state index contributed by atoms with van der Waals surface area (Å²) in [6.07, 6.45) is 5.00. The van der Waals surface area contributed by atoms with Crippen LogP contribution in [-0.2, 0) is 10.2 Å². The molecule has 1 aliphatic carbocycles. The maximum atomic E-state index is 5.84. The van der Waals surface area contributed by atoms with Crippen molar-refractivity contribution >= 4 is 0 Å². The van der Waals surface area contributed by atoms with Gasteiger partial charge in [-0.3, -0.25) is 0 Å². The fraction of sp³-hybridized carbons (Fsp3) is 0.647. The Balaban J connectivity index is 2.12. The zero-order valence-electron chi connectivity index (χ0n) is 12.3. The summed E-state index contributed by atoms with van der Waals surface area (Å²) in [5, 5.41) is 3.66. The second kappa shape index (κ2) is 7.06. The highest BCUT2D eigenvalue weighted by Gasteiger charge is 2.45. The lowest BCUT2D eigenvalue weighted by Gasteiger charge is -2.48. The van der Waals surface area contributed by atoms with E-state index in [-0.39, 0.29) is 0 Å². The summed E-state index contributed by atoms with van der Waals surface area (Å²) in [6, 6.07) is 11.4. The molecule has 1 N–H and O–H groups in total. The first kappa shape index (κ1) is 14.5. The highest BCUT2D eigenvalue weighted by atomic mass is 16.5. The van der Waals surface area contributed by atoms with Gasteiger partial charge in [0.2, 0.25) is 0 Å². The van der Waals surface area contributed by atoms with E-state index < -0.39 is 0 Å². The normalized spacial score (nSPS) is 18.8. The second-order valence-corrected chi connectivity index (χ2v) is 5.56. The zero-order valence-corrected chi connectivity index (χ0v) is 12.3. The van der Waals surface area contributed by atoms with Crippen LogP contribution in [0.2, 0.25) is 0 Å². The third kappa shape index (κ3) is 3.18. The van der Waals surface area contributed by atoms with E-state index in [4.69, 9.17) is 4.74 Å². The van der Waals surface area contributed by atoms with Crippen LogP contribution in [0.15, 0.2) is 30.3 Å². The van der Waals surface area contributed by atoms with Crippen LogP contribution in [0.3, 0.4) is 0 Å². The fourth-order valence-corrected chi connectivity index (χ4v) is 3.17. The first-order valence-corrected chi connectivity index (χ1v) is 7.70. The van der Waals surface area contributed by atoms with Gasteiger partial charge in [0.15, 0.2) is 0 Å². The van der Waals surface area contributed by atoms with Gasteiger partial charge in [0.05, 0.1) is 6.61 Å². The Hall–Kier alpha value is -0.860. The number of rotatable bonds is 8. The van der Waals surface area contributed by atoms with Crippen LogP contribution >= 0.6 is 0 Å². The lowest BCUT2D eigenvalue weighted by atomic mass is 9.60. The molecule has 0 radical (unpaired) electrons. The van der Waals surface area contributed by atoms with Crippen molar-refractivity contribution in [3.63, 3.8) is 0 Å². The van der Waals surface area contributed by atoms with Gasteiger partial charge in [0.25, 0.3) is 0 Å². The SMILES string of the molecule is CCCOCC(NCC)C1(c2ccccc2)CCC1. The van der Waals surface area contributed by atoms with Gasteiger partial charge in [0.1, 0.15) is 0 Å². The molecule has 0 aromatic heterocycles. The number of nitrogens with one attached hydrogen (secondary N) is 1. The highest BCUT2D eigenvalue weighted by molar-refractivity contribution is 5.30. The fourth-order valence-electron chi connectivity index (χ4n) is 3.17. The van der Waals surface area contributed by atoms with Gasteiger partial charge < -0.3 is 10.1 Å². The van der Waals surface area contributed by atoms with E-state index in [1.165, 1.54) is 24.8 Å². The van der Waals surface area contributed by atoms with Crippen LogP contribution in [0, 0.1) is 0 Å². The maximum absolute atomic E-state index is 5.84. The number of ether oxygens (including phenoxy) is 1. The quantitative estimate of drug-likeness (QED) is 0.723. The number of likely N-dealkylation sites (N-methyl/N-ethyl adjacent to an activating group) is 1. The molecule has 1 aromatic carbocycles. The van der Waals surface area contributed by atoms with Crippen molar-refractivity contribution in [3.05, 3.63) is 35.9 Å². The lowest BCUT2D eigenvalue weighted by Crippen LogP contribution is -2.55. The van der Waals surface area contributed by atoms with Gasteiger partial charge in [-0.15, -0.1) is 0 Å². The second-order valence-electron chi connectivity index (χ2n) is 5.56. The number of hydrogen-bond donors (Lipinski definition) is 1. The molecule has 0 amide bonds. The van der Waals surface area contributed by atoms with E-state index in [0.29, 0.717) is 11.5 Å². The summed E-state index contributed by atoms with van der Waals surface area (Å²) in [5.74, 6) is 0. The van der Waals surface area contributed by atoms with E-state index in [9.17, 15) is 0 Å². The summed E-state index contributed by atoms with van der Waals surface area (Å²) in [5.41, 5.74) is 1.78. The van der Waals surface area contributed by atoms with Gasteiger partial charge in [0, 0.05) is 18.1 Å². The van der Waals surface area contributed by atoms with Crippen molar-refractivity contribution in [1.29, 1.82) is 0 Å². The lowest BCUT2D eigenvalue weighted by molar-refractivity contribution is 0.0569. The minimum atomic E-state index is 0.297. The average molecular weight is 261 g/mol. The largest absolute Gasteiger partial charge is 0.380 e. The van der Waals surface area contributed by atoms with Crippen LogP contribution in [-0.4, -0.2) is 25.8 Å². The van der Waals surface area contributed by atoms with Crippen molar-refractivity contribution in [3.8, 4) is 0 Å². The minimum absolute atomic E-state index is 0.297. The molecule has 0 saturated heterocycles. The van der Waals surface area contributed by atoms with Gasteiger partial charge in [-0.1, -0.05) is 50.6 Å². The Morgan fingerprint density at radius 1 is 1.21 bits per heavy atom. The van der Waals surface area contributed by atoms with E-state index in [1.807, 2.05) is 0 Å². The van der Waals surface area contributed by atoms with Crippen molar-refractivity contribution in [2.75, 3.05) is 19.8 Å². The summed E-state index contributed by atoms with van der Waals surface area (Å²) < 4.78 is 5.84. The van der Waals surface area contributed by atoms with E-state index in [1.54, 1.807) is 0 Å². The maximum Gasteiger partial charge on any atom is 0.0628 e. The van der Waals surface area contributed by atoms with Crippen molar-refractivity contribution in [1.82, 2.24) is 5.32 Å². The van der Waals surface area contributed by atoms with Crippen LogP contribution in [0.25, 0.3) is 0 Å². The van der Waals surface area contributed by atoms with Crippen LogP contribution in [0.4, 0.5) is 0 Å². The van der Waals surface area contributed by atoms with Gasteiger partial charge in [-0.05, 0) is 31.4 Å². The van der Waals surface area contributed by atoms with Crippen LogP contribution < -0.4 is 5.32 Å². The Labute approximate surface area is 117 Å². The topological polar surface area (TPSA) is 21.3 Å². The molecule has 1 aromatic rings. The summed E-state index contributed by atoms with van der Waals surface area (Å²) in [6.45, 7) is 7.06. The molecule has 2 heteroatoms. The molecule has 0 aliphatic heterocycles. The molecule has 1 saturated carbocycles. The van der Waals surface area contributed by atoms with Gasteiger partial charge in [-0.25, -0.2) is 0 Å². The molecular weight excluding hydrogens is 234 g/mol. The van der Waals surface area contributed by atoms with Crippen molar-refractivity contribution in [2.24, 2.45) is 0 Å². The molecule has 2 rings (SSSR count). The summed E-state index contributed by atoms with van der Waals surface area (Å²) in [7, 11) is 0. The molecule has 0 heterocycles. The smallest absolute Gasteiger partial charge is 0.0628 e. The Bertz CT molecular complexity index is 359. The van der Waals surface area contributed by atoms with Crippen LogP contribution in [0.1, 0.15) is 45.1 Å². The minimum Gasteiger partial charge on any atom is -0.380 e.